The number of pyridine rings is 3. The molecule has 2 atom stereocenters. The Morgan fingerprint density at radius 2 is 1.83 bits per heavy atom. The smallest absolute Gasteiger partial charge is 0.366 e. The van der Waals surface area contributed by atoms with Crippen LogP contribution in [0.2, 0.25) is 0 Å². The predicted molar refractivity (Wildman–Crippen MR) is 130 cm³/mol. The first kappa shape index (κ1) is 22.6. The molecule has 11 heteroatoms. The van der Waals surface area contributed by atoms with E-state index in [1.165, 1.54) is 0 Å². The fourth-order valence-corrected chi connectivity index (χ4v) is 5.22. The molecule has 0 aliphatic carbocycles. The van der Waals surface area contributed by atoms with Gasteiger partial charge in [0.1, 0.15) is 11.6 Å². The molecule has 0 saturated carbocycles. The van der Waals surface area contributed by atoms with Crippen LogP contribution in [0.1, 0.15) is 12.8 Å². The van der Waals surface area contributed by atoms with E-state index in [-0.39, 0.29) is 25.0 Å². The van der Waals surface area contributed by atoms with Gasteiger partial charge >= 0.3 is 12.2 Å². The minimum absolute atomic E-state index is 0.0131. The lowest BCUT2D eigenvalue weighted by molar-refractivity contribution is -0.168. The highest BCUT2D eigenvalue weighted by molar-refractivity contribution is 6.04. The van der Waals surface area contributed by atoms with E-state index in [0.717, 1.165) is 30.8 Å². The highest BCUT2D eigenvalue weighted by atomic mass is 19.4. The maximum absolute atomic E-state index is 13.3. The van der Waals surface area contributed by atoms with Gasteiger partial charge in [-0.2, -0.15) is 13.2 Å². The summed E-state index contributed by atoms with van der Waals surface area (Å²) in [5, 5.41) is 2.87. The van der Waals surface area contributed by atoms with E-state index in [1.54, 1.807) is 52.5 Å². The van der Waals surface area contributed by atoms with Gasteiger partial charge in [-0.3, -0.25) is 10.2 Å². The summed E-state index contributed by atoms with van der Waals surface area (Å²) >= 11 is 0. The van der Waals surface area contributed by atoms with Gasteiger partial charge in [-0.1, -0.05) is 6.07 Å². The number of hydrogen-bond acceptors (Lipinski definition) is 6. The largest absolute Gasteiger partial charge is 0.393 e. The summed E-state index contributed by atoms with van der Waals surface area (Å²) in [6.07, 6.45) is -0.113. The van der Waals surface area contributed by atoms with Crippen molar-refractivity contribution >= 4 is 29.2 Å². The number of nitrogens with zero attached hydrogens (tertiary/aromatic N) is 6. The molecule has 36 heavy (non-hydrogen) atoms. The number of alkyl halides is 3. The number of anilines is 4. The number of halogens is 3. The van der Waals surface area contributed by atoms with Crippen molar-refractivity contribution in [3.63, 3.8) is 0 Å². The zero-order valence-corrected chi connectivity index (χ0v) is 19.3. The number of hydrogen-bond donors (Lipinski definition) is 1. The van der Waals surface area contributed by atoms with Gasteiger partial charge in [-0.05, 0) is 49.2 Å². The summed E-state index contributed by atoms with van der Waals surface area (Å²) in [6, 6.07) is 12.4. The third-order valence-corrected chi connectivity index (χ3v) is 7.09. The van der Waals surface area contributed by atoms with Gasteiger partial charge in [-0.15, -0.1) is 0 Å². The van der Waals surface area contributed by atoms with Crippen molar-refractivity contribution < 1.29 is 18.0 Å². The maximum atomic E-state index is 13.3. The van der Waals surface area contributed by atoms with E-state index in [0.29, 0.717) is 29.7 Å². The number of rotatable bonds is 3. The molecular weight excluding hydrogens is 471 g/mol. The Hall–Kier alpha value is -3.89. The molecular formula is C25H24F3N7O. The van der Waals surface area contributed by atoms with E-state index < -0.39 is 12.1 Å². The summed E-state index contributed by atoms with van der Waals surface area (Å²) in [7, 11) is 0. The van der Waals surface area contributed by atoms with E-state index >= 15 is 0 Å². The number of carbonyl (C=O) groups excluding carboxylic acids is 1. The molecule has 3 aromatic heterocycles. The summed E-state index contributed by atoms with van der Waals surface area (Å²) < 4.78 is 39.5. The van der Waals surface area contributed by atoms with Crippen molar-refractivity contribution in [2.75, 3.05) is 46.2 Å². The SMILES string of the molecule is O=C(Nc1ccccn1)N1c2nc(-c3ccnc(N4CCC(C(F)(F)F)C4)c3)ccc2N2CC[C@H]1C2. The van der Waals surface area contributed by atoms with Crippen molar-refractivity contribution in [3.8, 4) is 11.3 Å². The van der Waals surface area contributed by atoms with Gasteiger partial charge in [0.2, 0.25) is 0 Å². The van der Waals surface area contributed by atoms with Gasteiger partial charge in [0.25, 0.3) is 0 Å². The number of fused-ring (bicyclic) bond motifs is 4. The monoisotopic (exact) mass is 495 g/mol. The summed E-state index contributed by atoms with van der Waals surface area (Å²) in [5.74, 6) is 0.168. The lowest BCUT2D eigenvalue weighted by atomic mass is 10.1. The minimum Gasteiger partial charge on any atom is -0.366 e. The van der Waals surface area contributed by atoms with Crippen LogP contribution >= 0.6 is 0 Å². The second-order valence-corrected chi connectivity index (χ2v) is 9.32. The summed E-state index contributed by atoms with van der Waals surface area (Å²) in [6.45, 7) is 1.77. The zero-order valence-electron chi connectivity index (χ0n) is 19.3. The van der Waals surface area contributed by atoms with Crippen LogP contribution in [0.15, 0.2) is 54.9 Å². The van der Waals surface area contributed by atoms with Crippen molar-refractivity contribution in [2.24, 2.45) is 5.92 Å². The molecule has 6 rings (SSSR count). The number of urea groups is 1. The van der Waals surface area contributed by atoms with Gasteiger partial charge in [0.15, 0.2) is 5.82 Å². The molecule has 8 nitrogen and oxygen atoms in total. The third kappa shape index (κ3) is 4.08. The predicted octanol–water partition coefficient (Wildman–Crippen LogP) is 4.56. The summed E-state index contributed by atoms with van der Waals surface area (Å²) in [4.78, 5) is 32.3. The van der Waals surface area contributed by atoms with Crippen molar-refractivity contribution in [2.45, 2.75) is 25.1 Å². The van der Waals surface area contributed by atoms with Gasteiger partial charge in [0.05, 0.1) is 23.3 Å². The Labute approximate surface area is 205 Å². The number of aromatic nitrogens is 3. The second-order valence-electron chi connectivity index (χ2n) is 9.32. The molecule has 186 valence electrons. The first-order chi connectivity index (χ1) is 17.4. The van der Waals surface area contributed by atoms with Crippen LogP contribution in [0.25, 0.3) is 11.3 Å². The fraction of sp³-hybridized carbons (Fsp3) is 0.360. The van der Waals surface area contributed by atoms with Crippen LogP contribution in [-0.2, 0) is 0 Å². The Balaban J connectivity index is 1.30. The van der Waals surface area contributed by atoms with Crippen LogP contribution < -0.4 is 20.0 Å². The molecule has 1 N–H and O–H groups in total. The quantitative estimate of drug-likeness (QED) is 0.574. The van der Waals surface area contributed by atoms with Gasteiger partial charge in [0, 0.05) is 44.1 Å². The Morgan fingerprint density at radius 3 is 2.61 bits per heavy atom. The molecule has 2 amide bonds. The van der Waals surface area contributed by atoms with Crippen LogP contribution in [0.3, 0.4) is 0 Å². The molecule has 3 aliphatic heterocycles. The second kappa shape index (κ2) is 8.65. The number of carbonyl (C=O) groups is 1. The lowest BCUT2D eigenvalue weighted by Gasteiger charge is -2.35. The Morgan fingerprint density at radius 1 is 0.972 bits per heavy atom. The first-order valence-electron chi connectivity index (χ1n) is 11.9. The van der Waals surface area contributed by atoms with Crippen LogP contribution in [0.4, 0.5) is 41.1 Å². The molecule has 2 fully saturated rings. The molecule has 2 saturated heterocycles. The average Bonchev–Trinajstić information content (AvgIpc) is 3.53. The molecule has 0 radical (unpaired) electrons. The van der Waals surface area contributed by atoms with E-state index in [1.807, 2.05) is 12.1 Å². The van der Waals surface area contributed by atoms with Crippen LogP contribution in [-0.4, -0.2) is 59.4 Å². The number of amides is 2. The summed E-state index contributed by atoms with van der Waals surface area (Å²) in [5.41, 5.74) is 2.24. The van der Waals surface area contributed by atoms with Crippen LogP contribution in [0, 0.1) is 5.92 Å². The number of nitrogens with one attached hydrogen (secondary N) is 1. The topological polar surface area (TPSA) is 77.5 Å². The molecule has 0 aromatic carbocycles. The molecule has 3 aliphatic rings. The standard InChI is InChI=1S/C25H24F3N7O/c26-25(27,28)17-7-11-34(14-17)22-13-16(6-10-30-22)19-4-5-20-23(31-19)35(18-8-12-33(20)15-18)24(36)32-21-3-1-2-9-29-21/h1-6,9-10,13,17-18H,7-8,11-12,14-15H2,(H,29,32,36)/t17?,18-/m0/s1. The van der Waals surface area contributed by atoms with Gasteiger partial charge in [-0.25, -0.2) is 19.7 Å². The lowest BCUT2D eigenvalue weighted by Crippen LogP contribution is -2.48. The maximum Gasteiger partial charge on any atom is 0.393 e. The van der Waals surface area contributed by atoms with Crippen molar-refractivity contribution in [3.05, 3.63) is 54.9 Å². The molecule has 0 spiro atoms. The average molecular weight is 496 g/mol. The van der Waals surface area contributed by atoms with Crippen molar-refractivity contribution in [1.29, 1.82) is 0 Å². The molecule has 6 heterocycles. The third-order valence-electron chi connectivity index (χ3n) is 7.09. The highest BCUT2D eigenvalue weighted by Gasteiger charge is 2.44. The zero-order chi connectivity index (χ0) is 24.9. The van der Waals surface area contributed by atoms with E-state index in [9.17, 15) is 18.0 Å². The molecule has 2 bridgehead atoms. The normalized spacial score (nSPS) is 21.0. The van der Waals surface area contributed by atoms with E-state index in [2.05, 4.69) is 20.2 Å². The highest BCUT2D eigenvalue weighted by Crippen LogP contribution is 2.41. The van der Waals surface area contributed by atoms with E-state index in [4.69, 9.17) is 4.98 Å². The minimum atomic E-state index is -4.21. The molecule has 3 aromatic rings. The Bertz CT molecular complexity index is 1290. The first-order valence-corrected chi connectivity index (χ1v) is 11.9. The van der Waals surface area contributed by atoms with Gasteiger partial charge < -0.3 is 9.80 Å². The van der Waals surface area contributed by atoms with Crippen LogP contribution in [0.5, 0.6) is 0 Å². The molecule has 1 unspecified atom stereocenters. The van der Waals surface area contributed by atoms with Crippen molar-refractivity contribution in [1.82, 2.24) is 15.0 Å². The fourth-order valence-electron chi connectivity index (χ4n) is 5.22. The Kier molecular flexibility index (Phi) is 5.42.